The summed E-state index contributed by atoms with van der Waals surface area (Å²) in [5.41, 5.74) is 9.74. The molecule has 0 radical (unpaired) electrons. The summed E-state index contributed by atoms with van der Waals surface area (Å²) in [6.45, 7) is 2.30. The first-order chi connectivity index (χ1) is 25.6. The summed E-state index contributed by atoms with van der Waals surface area (Å²) >= 11 is 0. The first-order valence-electron chi connectivity index (χ1n) is 18.0. The summed E-state index contributed by atoms with van der Waals surface area (Å²) in [7, 11) is 0. The Kier molecular flexibility index (Phi) is 7.03. The van der Waals surface area contributed by atoms with Gasteiger partial charge in [0, 0.05) is 44.8 Å². The molecule has 1 unspecified atom stereocenters. The molecule has 0 bridgehead atoms. The normalized spacial score (nSPS) is 17.4. The van der Waals surface area contributed by atoms with Gasteiger partial charge in [-0.2, -0.15) is 0 Å². The van der Waals surface area contributed by atoms with Gasteiger partial charge in [0.15, 0.2) is 0 Å². The van der Waals surface area contributed by atoms with Crippen LogP contribution in [0, 0.1) is 0 Å². The highest BCUT2D eigenvalue weighted by molar-refractivity contribution is 6.26. The fourth-order valence-electron chi connectivity index (χ4n) is 8.25. The standard InChI is InChI=1S/C48H36N4/c1-48(36-20-9-4-10-21-36)31-41(49-47(51-48)35-18-7-3-8-19-35)33-25-28-37(29-26-33)52-42-24-14-13-23-39(42)43-40-30-27-32-15-11-12-22-38(32)45(40)50-44(46(43)52)34-16-5-2-6-17-34/h2-30,41H,31H2,1H3,(H,49,51)/t41-,48?/m0/s1. The van der Waals surface area contributed by atoms with Crippen LogP contribution < -0.4 is 5.32 Å². The molecule has 0 amide bonds. The highest BCUT2D eigenvalue weighted by Crippen LogP contribution is 2.43. The van der Waals surface area contributed by atoms with E-state index in [2.05, 4.69) is 193 Å². The topological polar surface area (TPSA) is 42.2 Å². The van der Waals surface area contributed by atoms with Crippen molar-refractivity contribution >= 4 is 49.3 Å². The van der Waals surface area contributed by atoms with E-state index in [4.69, 9.17) is 9.98 Å². The number of fused-ring (bicyclic) bond motifs is 7. The summed E-state index contributed by atoms with van der Waals surface area (Å²) in [4.78, 5) is 10.8. The number of nitrogens with one attached hydrogen (secondary N) is 1. The van der Waals surface area contributed by atoms with Crippen molar-refractivity contribution in [3.05, 3.63) is 193 Å². The second kappa shape index (κ2) is 12.1. The molecule has 1 aliphatic heterocycles. The lowest BCUT2D eigenvalue weighted by atomic mass is 9.82. The molecule has 0 spiro atoms. The summed E-state index contributed by atoms with van der Waals surface area (Å²) in [5, 5.41) is 9.79. The molecular weight excluding hydrogens is 633 g/mol. The Bertz CT molecular complexity index is 2790. The van der Waals surface area contributed by atoms with Crippen molar-refractivity contribution in [2.45, 2.75) is 24.9 Å². The third kappa shape index (κ3) is 4.90. The third-order valence-electron chi connectivity index (χ3n) is 10.8. The van der Waals surface area contributed by atoms with Crippen molar-refractivity contribution in [1.82, 2.24) is 14.9 Å². The molecule has 10 rings (SSSR count). The van der Waals surface area contributed by atoms with Gasteiger partial charge in [-0.25, -0.2) is 4.98 Å². The van der Waals surface area contributed by atoms with Crippen molar-refractivity contribution in [1.29, 1.82) is 0 Å². The van der Waals surface area contributed by atoms with Crippen LogP contribution in [0.2, 0.25) is 0 Å². The number of para-hydroxylation sites is 1. The van der Waals surface area contributed by atoms with Crippen LogP contribution in [0.1, 0.15) is 36.1 Å². The average Bonchev–Trinajstić information content (AvgIpc) is 3.57. The zero-order valence-corrected chi connectivity index (χ0v) is 28.9. The Hall–Kier alpha value is -6.52. The number of nitrogens with zero attached hydrogens (tertiary/aromatic N) is 3. The fraction of sp³-hybridized carbons (Fsp3) is 0.0833. The number of aromatic nitrogens is 2. The third-order valence-corrected chi connectivity index (χ3v) is 10.8. The number of amidine groups is 1. The van der Waals surface area contributed by atoms with Gasteiger partial charge < -0.3 is 9.88 Å². The molecule has 3 heterocycles. The number of hydrogen-bond acceptors (Lipinski definition) is 3. The van der Waals surface area contributed by atoms with Gasteiger partial charge >= 0.3 is 0 Å². The minimum Gasteiger partial charge on any atom is -0.361 e. The molecule has 0 aliphatic carbocycles. The van der Waals surface area contributed by atoms with Gasteiger partial charge in [0.05, 0.1) is 33.8 Å². The Morgan fingerprint density at radius 1 is 0.596 bits per heavy atom. The summed E-state index contributed by atoms with van der Waals surface area (Å²) in [6.07, 6.45) is 0.837. The first-order valence-corrected chi connectivity index (χ1v) is 18.0. The molecule has 4 heteroatoms. The lowest BCUT2D eigenvalue weighted by Gasteiger charge is -2.39. The Morgan fingerprint density at radius 3 is 1.98 bits per heavy atom. The lowest BCUT2D eigenvalue weighted by Crippen LogP contribution is -2.48. The molecule has 2 atom stereocenters. The molecule has 248 valence electrons. The van der Waals surface area contributed by atoms with Crippen molar-refractivity contribution in [3.8, 4) is 16.9 Å². The molecule has 2 aromatic heterocycles. The SMILES string of the molecule is CC1(c2ccccc2)C[C@@H](c2ccc(-n3c4ccccc4c4c5ccc6ccccc6c5nc(-c5ccccc5)c43)cc2)N=C(c2ccccc2)N1. The molecular formula is C48H36N4. The van der Waals surface area contributed by atoms with E-state index in [9.17, 15) is 0 Å². The van der Waals surface area contributed by atoms with Gasteiger partial charge in [0.2, 0.25) is 0 Å². The quantitative estimate of drug-likeness (QED) is 0.186. The van der Waals surface area contributed by atoms with Gasteiger partial charge in [-0.15, -0.1) is 0 Å². The van der Waals surface area contributed by atoms with E-state index in [1.54, 1.807) is 0 Å². The van der Waals surface area contributed by atoms with E-state index in [1.807, 2.05) is 0 Å². The maximum absolute atomic E-state index is 5.51. The maximum Gasteiger partial charge on any atom is 0.129 e. The van der Waals surface area contributed by atoms with E-state index in [-0.39, 0.29) is 11.6 Å². The van der Waals surface area contributed by atoms with Crippen molar-refractivity contribution in [3.63, 3.8) is 0 Å². The minimum absolute atomic E-state index is 0.0207. The number of benzene rings is 7. The fourth-order valence-corrected chi connectivity index (χ4v) is 8.25. The highest BCUT2D eigenvalue weighted by Gasteiger charge is 2.36. The zero-order valence-electron chi connectivity index (χ0n) is 28.9. The second-order valence-corrected chi connectivity index (χ2v) is 14.1. The van der Waals surface area contributed by atoms with Gasteiger partial charge in [-0.05, 0) is 41.6 Å². The number of rotatable bonds is 5. The number of pyridine rings is 1. The van der Waals surface area contributed by atoms with Crippen LogP contribution in [0.4, 0.5) is 0 Å². The van der Waals surface area contributed by atoms with Crippen LogP contribution in [-0.2, 0) is 5.54 Å². The van der Waals surface area contributed by atoms with Crippen LogP contribution in [0.5, 0.6) is 0 Å². The zero-order chi connectivity index (χ0) is 34.6. The van der Waals surface area contributed by atoms with Crippen molar-refractivity contribution < 1.29 is 0 Å². The minimum atomic E-state index is -0.286. The summed E-state index contributed by atoms with van der Waals surface area (Å²) in [5.74, 6) is 0.924. The van der Waals surface area contributed by atoms with E-state index in [0.717, 1.165) is 56.7 Å². The van der Waals surface area contributed by atoms with E-state index in [0.29, 0.717) is 0 Å². The van der Waals surface area contributed by atoms with E-state index >= 15 is 0 Å². The van der Waals surface area contributed by atoms with Crippen molar-refractivity contribution in [2.24, 2.45) is 4.99 Å². The molecule has 0 fully saturated rings. The molecule has 52 heavy (non-hydrogen) atoms. The van der Waals surface area contributed by atoms with Crippen molar-refractivity contribution in [2.75, 3.05) is 0 Å². The second-order valence-electron chi connectivity index (χ2n) is 14.1. The van der Waals surface area contributed by atoms with Crippen LogP contribution in [0.25, 0.3) is 60.4 Å². The van der Waals surface area contributed by atoms with E-state index in [1.165, 1.54) is 32.7 Å². The molecule has 7 aromatic carbocycles. The summed E-state index contributed by atoms with van der Waals surface area (Å²) in [6, 6.07) is 62.7. The molecule has 0 saturated carbocycles. The predicted molar refractivity (Wildman–Crippen MR) is 216 cm³/mol. The van der Waals surface area contributed by atoms with Crippen LogP contribution in [0.15, 0.2) is 181 Å². The predicted octanol–water partition coefficient (Wildman–Crippen LogP) is 11.5. The van der Waals surface area contributed by atoms with Gasteiger partial charge in [-0.3, -0.25) is 4.99 Å². The molecule has 1 aliphatic rings. The van der Waals surface area contributed by atoms with Gasteiger partial charge in [0.25, 0.3) is 0 Å². The number of aliphatic imine (C=N–C) groups is 1. The largest absolute Gasteiger partial charge is 0.361 e. The Labute approximate surface area is 302 Å². The van der Waals surface area contributed by atoms with Crippen LogP contribution in [0.3, 0.4) is 0 Å². The highest BCUT2D eigenvalue weighted by atomic mass is 15.1. The lowest BCUT2D eigenvalue weighted by molar-refractivity contribution is 0.346. The molecule has 9 aromatic rings. The molecule has 1 N–H and O–H groups in total. The summed E-state index contributed by atoms with van der Waals surface area (Å²) < 4.78 is 2.41. The Morgan fingerprint density at radius 2 is 1.23 bits per heavy atom. The smallest absolute Gasteiger partial charge is 0.129 e. The molecule has 0 saturated heterocycles. The first kappa shape index (κ1) is 30.3. The van der Waals surface area contributed by atoms with Crippen LogP contribution >= 0.6 is 0 Å². The molecule has 4 nitrogen and oxygen atoms in total. The van der Waals surface area contributed by atoms with E-state index < -0.39 is 0 Å². The van der Waals surface area contributed by atoms with Gasteiger partial charge in [0.1, 0.15) is 5.84 Å². The Balaban J connectivity index is 1.17. The monoisotopic (exact) mass is 668 g/mol. The average molecular weight is 669 g/mol. The maximum atomic E-state index is 5.51. The van der Waals surface area contributed by atoms with Gasteiger partial charge in [-0.1, -0.05) is 158 Å². The van der Waals surface area contributed by atoms with Crippen LogP contribution in [-0.4, -0.2) is 15.4 Å². The number of hydrogen-bond donors (Lipinski definition) is 1.